The zero-order chi connectivity index (χ0) is 12.0. The van der Waals surface area contributed by atoms with Gasteiger partial charge < -0.3 is 9.47 Å². The summed E-state index contributed by atoms with van der Waals surface area (Å²) in [5.41, 5.74) is 1.36. The Morgan fingerprint density at radius 3 is 2.19 bits per heavy atom. The van der Waals surface area contributed by atoms with Gasteiger partial charge in [-0.1, -0.05) is 28.1 Å². The number of alkyl halides is 1. The van der Waals surface area contributed by atoms with Crippen LogP contribution < -0.4 is 9.47 Å². The molecule has 0 heterocycles. The standard InChI is InChI=1S/C12H13BrO3/c1-15-11-6-9(8-14)7-12(16-2)10(11)4-3-5-13/h3-4,6-8H,5H2,1-2H3. The fourth-order valence-electron chi connectivity index (χ4n) is 1.35. The summed E-state index contributed by atoms with van der Waals surface area (Å²) in [5, 5.41) is 0.745. The molecule has 86 valence electrons. The third-order valence-electron chi connectivity index (χ3n) is 2.08. The van der Waals surface area contributed by atoms with E-state index in [4.69, 9.17) is 9.47 Å². The van der Waals surface area contributed by atoms with Crippen LogP contribution in [0.25, 0.3) is 6.08 Å². The molecule has 0 unspecified atom stereocenters. The molecule has 0 saturated carbocycles. The van der Waals surface area contributed by atoms with Crippen LogP contribution in [0.15, 0.2) is 18.2 Å². The number of hydrogen-bond acceptors (Lipinski definition) is 3. The molecule has 0 amide bonds. The normalized spacial score (nSPS) is 10.4. The van der Waals surface area contributed by atoms with Gasteiger partial charge in [0.1, 0.15) is 17.8 Å². The van der Waals surface area contributed by atoms with Crippen LogP contribution in [0.2, 0.25) is 0 Å². The maximum atomic E-state index is 10.7. The van der Waals surface area contributed by atoms with E-state index in [1.807, 2.05) is 12.2 Å². The number of benzene rings is 1. The molecule has 0 aliphatic rings. The number of ether oxygens (including phenoxy) is 2. The second-order valence-corrected chi connectivity index (χ2v) is 3.66. The van der Waals surface area contributed by atoms with Crippen LogP contribution in [0, 0.1) is 0 Å². The van der Waals surface area contributed by atoms with Crippen molar-refractivity contribution in [3.8, 4) is 11.5 Å². The lowest BCUT2D eigenvalue weighted by Gasteiger charge is -2.10. The highest BCUT2D eigenvalue weighted by molar-refractivity contribution is 9.09. The second-order valence-electron chi connectivity index (χ2n) is 3.01. The fourth-order valence-corrected chi connectivity index (χ4v) is 1.54. The van der Waals surface area contributed by atoms with Crippen LogP contribution in [0.5, 0.6) is 11.5 Å². The van der Waals surface area contributed by atoms with Gasteiger partial charge in [-0.2, -0.15) is 0 Å². The molecule has 4 heteroatoms. The minimum atomic E-state index is 0.532. The monoisotopic (exact) mass is 284 g/mol. The molecule has 0 radical (unpaired) electrons. The number of rotatable bonds is 5. The van der Waals surface area contributed by atoms with Crippen LogP contribution in [-0.4, -0.2) is 25.8 Å². The van der Waals surface area contributed by atoms with Crippen LogP contribution in [-0.2, 0) is 0 Å². The first-order chi connectivity index (χ1) is 7.76. The highest BCUT2D eigenvalue weighted by Gasteiger charge is 2.09. The molecule has 0 fully saturated rings. The zero-order valence-electron chi connectivity index (χ0n) is 9.20. The maximum Gasteiger partial charge on any atom is 0.150 e. The lowest BCUT2D eigenvalue weighted by Crippen LogP contribution is -1.95. The summed E-state index contributed by atoms with van der Waals surface area (Å²) in [4.78, 5) is 10.7. The smallest absolute Gasteiger partial charge is 0.150 e. The molecular formula is C12H13BrO3. The van der Waals surface area contributed by atoms with E-state index in [-0.39, 0.29) is 0 Å². The van der Waals surface area contributed by atoms with E-state index in [2.05, 4.69) is 15.9 Å². The quantitative estimate of drug-likeness (QED) is 0.616. The SMILES string of the molecule is COc1cc(C=O)cc(OC)c1C=CCBr. The molecule has 1 aromatic carbocycles. The van der Waals surface area contributed by atoms with E-state index in [0.717, 1.165) is 17.2 Å². The number of methoxy groups -OCH3 is 2. The maximum absolute atomic E-state index is 10.7. The molecule has 0 aliphatic carbocycles. The molecule has 3 nitrogen and oxygen atoms in total. The Hall–Kier alpha value is -1.29. The number of carbonyl (C=O) groups excluding carboxylic acids is 1. The van der Waals surface area contributed by atoms with Gasteiger partial charge in [-0.15, -0.1) is 0 Å². The number of hydrogen-bond donors (Lipinski definition) is 0. The molecule has 0 bridgehead atoms. The third kappa shape index (κ3) is 2.85. The van der Waals surface area contributed by atoms with Crippen LogP contribution in [0.3, 0.4) is 0 Å². The van der Waals surface area contributed by atoms with Gasteiger partial charge in [-0.05, 0) is 12.1 Å². The Labute approximate surface area is 103 Å². The van der Waals surface area contributed by atoms with Crippen molar-refractivity contribution in [2.24, 2.45) is 0 Å². The van der Waals surface area contributed by atoms with Crippen LogP contribution in [0.1, 0.15) is 15.9 Å². The van der Waals surface area contributed by atoms with Crippen molar-refractivity contribution >= 4 is 28.3 Å². The summed E-state index contributed by atoms with van der Waals surface area (Å²) in [6.07, 6.45) is 4.59. The average molecular weight is 285 g/mol. The topological polar surface area (TPSA) is 35.5 Å². The highest BCUT2D eigenvalue weighted by atomic mass is 79.9. The van der Waals surface area contributed by atoms with Gasteiger partial charge in [-0.3, -0.25) is 4.79 Å². The second kappa shape index (κ2) is 6.33. The molecular weight excluding hydrogens is 272 g/mol. The van der Waals surface area contributed by atoms with Gasteiger partial charge in [0, 0.05) is 10.9 Å². The van der Waals surface area contributed by atoms with E-state index in [1.54, 1.807) is 26.4 Å². The van der Waals surface area contributed by atoms with Crippen LogP contribution >= 0.6 is 15.9 Å². The van der Waals surface area contributed by atoms with Gasteiger partial charge in [0.2, 0.25) is 0 Å². The summed E-state index contributed by atoms with van der Waals surface area (Å²) in [7, 11) is 3.13. The van der Waals surface area contributed by atoms with Gasteiger partial charge >= 0.3 is 0 Å². The highest BCUT2D eigenvalue weighted by Crippen LogP contribution is 2.31. The molecule has 0 aliphatic heterocycles. The number of aldehydes is 1. The molecule has 1 rings (SSSR count). The lowest BCUT2D eigenvalue weighted by atomic mass is 10.1. The Kier molecular flexibility index (Phi) is 5.05. The van der Waals surface area contributed by atoms with Crippen molar-refractivity contribution in [1.82, 2.24) is 0 Å². The van der Waals surface area contributed by atoms with Crippen molar-refractivity contribution in [1.29, 1.82) is 0 Å². The van der Waals surface area contributed by atoms with E-state index in [0.29, 0.717) is 17.1 Å². The summed E-state index contributed by atoms with van der Waals surface area (Å²) in [5.74, 6) is 1.25. The Morgan fingerprint density at radius 1 is 1.25 bits per heavy atom. The van der Waals surface area contributed by atoms with Crippen molar-refractivity contribution in [2.75, 3.05) is 19.5 Å². The van der Waals surface area contributed by atoms with Gasteiger partial charge in [0.15, 0.2) is 0 Å². The summed E-state index contributed by atoms with van der Waals surface area (Å²) >= 11 is 3.30. The fraction of sp³-hybridized carbons (Fsp3) is 0.250. The molecule has 0 spiro atoms. The average Bonchev–Trinajstić information content (AvgIpc) is 2.35. The van der Waals surface area contributed by atoms with E-state index in [9.17, 15) is 4.79 Å². The zero-order valence-corrected chi connectivity index (χ0v) is 10.8. The van der Waals surface area contributed by atoms with Crippen molar-refractivity contribution in [3.05, 3.63) is 29.3 Å². The lowest BCUT2D eigenvalue weighted by molar-refractivity contribution is 0.112. The first kappa shape index (κ1) is 12.8. The largest absolute Gasteiger partial charge is 0.496 e. The minimum absolute atomic E-state index is 0.532. The first-order valence-corrected chi connectivity index (χ1v) is 5.82. The van der Waals surface area contributed by atoms with Crippen molar-refractivity contribution in [3.63, 3.8) is 0 Å². The number of allylic oxidation sites excluding steroid dienone is 1. The minimum Gasteiger partial charge on any atom is -0.496 e. The predicted octanol–water partition coefficient (Wildman–Crippen LogP) is 2.92. The van der Waals surface area contributed by atoms with Crippen molar-refractivity contribution < 1.29 is 14.3 Å². The van der Waals surface area contributed by atoms with Gasteiger partial charge in [0.05, 0.1) is 19.8 Å². The van der Waals surface area contributed by atoms with Gasteiger partial charge in [-0.25, -0.2) is 0 Å². The van der Waals surface area contributed by atoms with E-state index >= 15 is 0 Å². The molecule has 0 aromatic heterocycles. The molecule has 1 aromatic rings. The molecule has 16 heavy (non-hydrogen) atoms. The van der Waals surface area contributed by atoms with Gasteiger partial charge in [0.25, 0.3) is 0 Å². The van der Waals surface area contributed by atoms with Crippen molar-refractivity contribution in [2.45, 2.75) is 0 Å². The Balaban J connectivity index is 3.30. The third-order valence-corrected chi connectivity index (χ3v) is 2.45. The van der Waals surface area contributed by atoms with E-state index in [1.165, 1.54) is 0 Å². The van der Waals surface area contributed by atoms with Crippen LogP contribution in [0.4, 0.5) is 0 Å². The molecule has 0 N–H and O–H groups in total. The first-order valence-electron chi connectivity index (χ1n) is 4.70. The van der Waals surface area contributed by atoms with E-state index < -0.39 is 0 Å². The number of carbonyl (C=O) groups is 1. The molecule has 0 saturated heterocycles. The summed E-state index contributed by atoms with van der Waals surface area (Å²) in [6.45, 7) is 0. The number of halogens is 1. The summed E-state index contributed by atoms with van der Waals surface area (Å²) < 4.78 is 10.4. The predicted molar refractivity (Wildman–Crippen MR) is 67.8 cm³/mol. The summed E-state index contributed by atoms with van der Waals surface area (Å²) in [6, 6.07) is 3.37. The molecule has 0 atom stereocenters. The Bertz CT molecular complexity index is 374. The Morgan fingerprint density at radius 2 is 1.81 bits per heavy atom.